The third kappa shape index (κ3) is 8.12. The molecule has 0 radical (unpaired) electrons. The number of nitrogens with zero attached hydrogens (tertiary/aromatic N) is 3. The molecule has 1 saturated heterocycles. The van der Waals surface area contributed by atoms with Crippen molar-refractivity contribution in [2.75, 3.05) is 26.3 Å². The Kier molecular flexibility index (Phi) is 10.9. The Hall–Kier alpha value is -4.75. The molecular formula is C25H28N4O11. The number of H-pyrrole nitrogens is 1. The highest BCUT2D eigenvalue weighted by atomic mass is 16.7. The smallest absolute Gasteiger partial charge is 0.494 e. The highest BCUT2D eigenvalue weighted by Gasteiger charge is 2.38. The van der Waals surface area contributed by atoms with Crippen molar-refractivity contribution in [2.24, 2.45) is 0 Å². The lowest BCUT2D eigenvalue weighted by Crippen LogP contribution is -2.40. The number of aliphatic carboxylic acids is 2. The Morgan fingerprint density at radius 3 is 2.40 bits per heavy atom. The molecule has 1 aromatic carbocycles. The van der Waals surface area contributed by atoms with Gasteiger partial charge in [0.1, 0.15) is 5.75 Å². The van der Waals surface area contributed by atoms with Crippen LogP contribution in [0.4, 0.5) is 4.79 Å². The van der Waals surface area contributed by atoms with Crippen molar-refractivity contribution in [3.63, 3.8) is 0 Å². The number of aromatic hydroxyl groups is 1. The number of aromatic amines is 1. The summed E-state index contributed by atoms with van der Waals surface area (Å²) in [6.45, 7) is 4.09. The molecule has 3 aromatic rings. The van der Waals surface area contributed by atoms with Crippen LogP contribution in [0.2, 0.25) is 0 Å². The Labute approximate surface area is 226 Å². The fourth-order valence-corrected chi connectivity index (χ4v) is 3.86. The fourth-order valence-electron chi connectivity index (χ4n) is 3.86. The number of carbonyl (C=O) groups is 3. The summed E-state index contributed by atoms with van der Waals surface area (Å²) in [7, 11) is 0. The van der Waals surface area contributed by atoms with Gasteiger partial charge in [-0.25, -0.2) is 9.59 Å². The highest BCUT2D eigenvalue weighted by molar-refractivity contribution is 5.99. The zero-order chi connectivity index (χ0) is 28.6. The number of nitrogens with one attached hydrogen (secondary N) is 1. The molecule has 1 atom stereocenters. The monoisotopic (exact) mass is 560 g/mol. The first-order chi connectivity index (χ1) is 18.5. The van der Waals surface area contributed by atoms with Crippen LogP contribution in [0.15, 0.2) is 36.5 Å². The van der Waals surface area contributed by atoms with Crippen LogP contribution in [-0.4, -0.2) is 95.9 Å². The number of pyridine rings is 1. The highest BCUT2D eigenvalue weighted by Crippen LogP contribution is 2.37. The number of hydrogen-bond acceptors (Lipinski definition) is 10. The minimum atomic E-state index is -2.47. The second kappa shape index (κ2) is 13.9. The lowest BCUT2D eigenvalue weighted by molar-refractivity contribution is -0.164. The molecule has 40 heavy (non-hydrogen) atoms. The molecule has 2 aromatic heterocycles. The summed E-state index contributed by atoms with van der Waals surface area (Å²) in [6.07, 6.45) is -1.31. The maximum atomic E-state index is 10.8. The number of nitriles is 1. The van der Waals surface area contributed by atoms with Gasteiger partial charge in [0, 0.05) is 36.7 Å². The molecule has 214 valence electrons. The van der Waals surface area contributed by atoms with Crippen LogP contribution in [0.1, 0.15) is 18.4 Å². The maximum Gasteiger partial charge on any atom is 0.511 e. The third-order valence-corrected chi connectivity index (χ3v) is 5.76. The summed E-state index contributed by atoms with van der Waals surface area (Å²) >= 11 is 0. The molecule has 1 fully saturated rings. The predicted molar refractivity (Wildman–Crippen MR) is 137 cm³/mol. The van der Waals surface area contributed by atoms with Gasteiger partial charge in [-0.2, -0.15) is 5.26 Å². The normalized spacial score (nSPS) is 14.5. The van der Waals surface area contributed by atoms with Gasteiger partial charge >= 0.3 is 18.1 Å². The van der Waals surface area contributed by atoms with Gasteiger partial charge < -0.3 is 45.5 Å². The van der Waals surface area contributed by atoms with Crippen LogP contribution in [0.5, 0.6) is 11.6 Å². The molecule has 3 heterocycles. The van der Waals surface area contributed by atoms with Crippen LogP contribution in [0.25, 0.3) is 22.2 Å². The number of hydrogen-bond donors (Lipinski definition) is 6. The minimum Gasteiger partial charge on any atom is -0.494 e. The average Bonchev–Trinajstić information content (AvgIpc) is 3.20. The topological polar surface area (TPSA) is 258 Å². The first-order valence-electron chi connectivity index (χ1n) is 11.6. The van der Waals surface area contributed by atoms with E-state index in [0.29, 0.717) is 22.2 Å². The Balaban J connectivity index is 0.000000369. The van der Waals surface area contributed by atoms with E-state index in [2.05, 4.69) is 14.9 Å². The standard InChI is InChI=1S/C19H19N3O5.C6H7NO5.H2O/c23-18-17(14-9-13(27-19(24)25)2-4-15(14)21-18)16-3-1-12(10-20-16)11-22-5-7-26-8-6-22;7-2-1-6(12,5(10)11)3-4(8)9;/h1-4,9-10,21,23H,5-8,11H2,(H,24,25);12H,1,3H2,(H,8,9)(H,10,11);1H2. The van der Waals surface area contributed by atoms with Crippen LogP contribution in [0, 0.1) is 11.3 Å². The summed E-state index contributed by atoms with van der Waals surface area (Å²) in [5.41, 5.74) is 0.380. The summed E-state index contributed by atoms with van der Waals surface area (Å²) in [5, 5.41) is 53.4. The molecule has 4 rings (SSSR count). The van der Waals surface area contributed by atoms with E-state index < -0.39 is 36.5 Å². The van der Waals surface area contributed by atoms with Crippen molar-refractivity contribution in [1.29, 1.82) is 5.26 Å². The molecule has 1 aliphatic heterocycles. The lowest BCUT2D eigenvalue weighted by Gasteiger charge is -2.26. The Morgan fingerprint density at radius 2 is 1.85 bits per heavy atom. The van der Waals surface area contributed by atoms with Crippen LogP contribution >= 0.6 is 0 Å². The summed E-state index contributed by atoms with van der Waals surface area (Å²) in [4.78, 5) is 40.8. The summed E-state index contributed by atoms with van der Waals surface area (Å²) in [6, 6.07) is 9.98. The number of carboxylic acids is 2. The lowest BCUT2D eigenvalue weighted by atomic mass is 9.97. The Bertz CT molecular complexity index is 1380. The van der Waals surface area contributed by atoms with E-state index in [9.17, 15) is 19.5 Å². The van der Waals surface area contributed by atoms with Gasteiger partial charge in [-0.15, -0.1) is 0 Å². The van der Waals surface area contributed by atoms with Crippen LogP contribution in [-0.2, 0) is 20.9 Å². The first-order valence-corrected chi connectivity index (χ1v) is 11.6. The molecule has 15 heteroatoms. The zero-order valence-corrected chi connectivity index (χ0v) is 21.0. The largest absolute Gasteiger partial charge is 0.511 e. The molecule has 15 nitrogen and oxygen atoms in total. The number of morpholine rings is 1. The van der Waals surface area contributed by atoms with E-state index >= 15 is 0 Å². The molecule has 0 aliphatic carbocycles. The van der Waals surface area contributed by atoms with E-state index in [0.717, 1.165) is 38.4 Å². The molecule has 1 aliphatic rings. The number of fused-ring (bicyclic) bond motifs is 1. The maximum absolute atomic E-state index is 10.8. The van der Waals surface area contributed by atoms with Crippen molar-refractivity contribution in [3.05, 3.63) is 42.1 Å². The van der Waals surface area contributed by atoms with Gasteiger partial charge in [0.15, 0.2) is 11.5 Å². The number of aromatic nitrogens is 2. The van der Waals surface area contributed by atoms with E-state index in [1.165, 1.54) is 12.1 Å². The molecule has 0 saturated carbocycles. The van der Waals surface area contributed by atoms with Crippen LogP contribution < -0.4 is 4.74 Å². The zero-order valence-electron chi connectivity index (χ0n) is 21.0. The van der Waals surface area contributed by atoms with Crippen molar-refractivity contribution < 1.29 is 54.9 Å². The van der Waals surface area contributed by atoms with Gasteiger partial charge in [0.05, 0.1) is 43.4 Å². The van der Waals surface area contributed by atoms with Gasteiger partial charge in [-0.1, -0.05) is 6.07 Å². The first kappa shape index (κ1) is 31.5. The van der Waals surface area contributed by atoms with Gasteiger partial charge in [-0.05, 0) is 29.8 Å². The molecule has 8 N–H and O–H groups in total. The second-order valence-electron chi connectivity index (χ2n) is 8.61. The van der Waals surface area contributed by atoms with E-state index in [1.54, 1.807) is 18.3 Å². The number of ether oxygens (including phenoxy) is 2. The average molecular weight is 561 g/mol. The summed E-state index contributed by atoms with van der Waals surface area (Å²) in [5.74, 6) is -3.01. The fraction of sp³-hybridized carbons (Fsp3) is 0.320. The van der Waals surface area contributed by atoms with E-state index in [4.69, 9.17) is 35.2 Å². The molecular weight excluding hydrogens is 532 g/mol. The molecule has 1 unspecified atom stereocenters. The second-order valence-corrected chi connectivity index (χ2v) is 8.61. The quantitative estimate of drug-likeness (QED) is 0.167. The number of rotatable bonds is 8. The van der Waals surface area contributed by atoms with Gasteiger partial charge in [0.2, 0.25) is 0 Å². The minimum absolute atomic E-state index is 0. The molecule has 0 bridgehead atoms. The SMILES string of the molecule is N#CCC(O)(CC(=O)O)C(=O)O.O.O=C(O)Oc1ccc2[nH]c(O)c(-c3ccc(CN4CCOCC4)cn3)c2c1. The third-order valence-electron chi connectivity index (χ3n) is 5.76. The van der Waals surface area contributed by atoms with E-state index in [-0.39, 0.29) is 17.1 Å². The van der Waals surface area contributed by atoms with Gasteiger partial charge in [-0.3, -0.25) is 14.7 Å². The van der Waals surface area contributed by atoms with Crippen molar-refractivity contribution in [1.82, 2.24) is 14.9 Å². The van der Waals surface area contributed by atoms with Gasteiger partial charge in [0.25, 0.3) is 0 Å². The predicted octanol–water partition coefficient (Wildman–Crippen LogP) is 1.19. The summed E-state index contributed by atoms with van der Waals surface area (Å²) < 4.78 is 10.1. The van der Waals surface area contributed by atoms with Crippen molar-refractivity contribution in [3.8, 4) is 29.0 Å². The number of carboxylic acid groups (broad SMARTS) is 3. The van der Waals surface area contributed by atoms with E-state index in [1.807, 2.05) is 12.1 Å². The van der Waals surface area contributed by atoms with Crippen molar-refractivity contribution in [2.45, 2.75) is 25.0 Å². The Morgan fingerprint density at radius 1 is 1.15 bits per heavy atom. The van der Waals surface area contributed by atoms with Crippen LogP contribution in [0.3, 0.4) is 0 Å². The molecule has 0 amide bonds. The number of aliphatic hydroxyl groups is 1. The number of benzene rings is 1. The van der Waals surface area contributed by atoms with Crippen molar-refractivity contribution >= 4 is 29.0 Å². The molecule has 0 spiro atoms.